The molecule has 0 aliphatic heterocycles. The van der Waals surface area contributed by atoms with E-state index in [0.29, 0.717) is 0 Å². The summed E-state index contributed by atoms with van der Waals surface area (Å²) in [6.07, 6.45) is 15.0. The topological polar surface area (TPSA) is 0 Å². The summed E-state index contributed by atoms with van der Waals surface area (Å²) in [4.78, 5) is 7.09. The predicted molar refractivity (Wildman–Crippen MR) is 69.5 cm³/mol. The van der Waals surface area contributed by atoms with Crippen LogP contribution in [-0.2, 0) is 22.4 Å². The van der Waals surface area contributed by atoms with Crippen LogP contribution in [0, 0.1) is 0 Å². The van der Waals surface area contributed by atoms with Gasteiger partial charge >= 0.3 is 57.0 Å². The van der Waals surface area contributed by atoms with Crippen LogP contribution in [0.5, 0.6) is 0 Å². The first-order chi connectivity index (χ1) is 6.73. The molecule has 0 aromatic heterocycles. The molecular formula is C13H29NbSn+2. The van der Waals surface area contributed by atoms with Crippen LogP contribution in [0.1, 0.15) is 64.2 Å². The molecule has 0 aromatic carbocycles. The molecule has 0 N–H and O–H groups in total. The second-order valence-electron chi connectivity index (χ2n) is 5.04. The fourth-order valence-corrected chi connectivity index (χ4v) is 1.77. The maximum atomic E-state index is 2.36. The van der Waals surface area contributed by atoms with Crippen molar-refractivity contribution in [3.8, 4) is 0 Å². The van der Waals surface area contributed by atoms with Crippen molar-refractivity contribution in [2.24, 2.45) is 0 Å². The molecule has 0 amide bonds. The van der Waals surface area contributed by atoms with E-state index in [1.54, 1.807) is 0 Å². The Morgan fingerprint density at radius 2 is 0.533 bits per heavy atom. The largest absolute Gasteiger partial charge is 2.00 e. The van der Waals surface area contributed by atoms with Crippen molar-refractivity contribution in [3.63, 3.8) is 0 Å². The Bertz CT molecular complexity index is 68.7. The molecule has 2 heteroatoms. The maximum absolute atomic E-state index is 2.36. The Hall–Kier alpha value is 1.54. The average Bonchev–Trinajstić information content (AvgIpc) is 2.83. The second-order valence-corrected chi connectivity index (χ2v) is 13.6. The fraction of sp³-hybridized carbons (Fsp3) is 1.00. The van der Waals surface area contributed by atoms with E-state index in [2.05, 4.69) is 14.8 Å². The van der Waals surface area contributed by atoms with Gasteiger partial charge in [-0.15, -0.1) is 0 Å². The van der Waals surface area contributed by atoms with Crippen molar-refractivity contribution in [1.82, 2.24) is 0 Å². The van der Waals surface area contributed by atoms with Gasteiger partial charge in [-0.3, -0.25) is 0 Å². The zero-order valence-corrected chi connectivity index (χ0v) is 16.1. The molecular weight excluding hydrogens is 368 g/mol. The zero-order chi connectivity index (χ0) is 10.6. The molecule has 2 saturated carbocycles. The second kappa shape index (κ2) is 15.5. The van der Waals surface area contributed by atoms with Gasteiger partial charge in [0.25, 0.3) is 0 Å². The molecule has 0 atom stereocenters. The van der Waals surface area contributed by atoms with Gasteiger partial charge in [0.2, 0.25) is 0 Å². The van der Waals surface area contributed by atoms with Crippen molar-refractivity contribution in [1.29, 1.82) is 0 Å². The molecule has 88 valence electrons. The third-order valence-electron chi connectivity index (χ3n) is 2.50. The average molecular weight is 397 g/mol. The summed E-state index contributed by atoms with van der Waals surface area (Å²) in [5.41, 5.74) is 0. The summed E-state index contributed by atoms with van der Waals surface area (Å²) >= 11 is -0.543. The van der Waals surface area contributed by atoms with Gasteiger partial charge in [-0.05, 0) is 0 Å². The molecule has 2 rings (SSSR count). The van der Waals surface area contributed by atoms with Gasteiger partial charge in [-0.2, -0.15) is 0 Å². The van der Waals surface area contributed by atoms with Crippen molar-refractivity contribution in [2.45, 2.75) is 79.0 Å². The van der Waals surface area contributed by atoms with Gasteiger partial charge in [-0.25, -0.2) is 0 Å². The summed E-state index contributed by atoms with van der Waals surface area (Å²) in [5.74, 6) is 0. The van der Waals surface area contributed by atoms with E-state index in [-0.39, 0.29) is 22.4 Å². The van der Waals surface area contributed by atoms with Crippen LogP contribution in [0.25, 0.3) is 0 Å². The third-order valence-corrected chi connectivity index (χ3v) is 2.50. The van der Waals surface area contributed by atoms with Gasteiger partial charge < -0.3 is 0 Å². The van der Waals surface area contributed by atoms with Crippen LogP contribution in [0.4, 0.5) is 0 Å². The summed E-state index contributed by atoms with van der Waals surface area (Å²) in [7, 11) is 0. The summed E-state index contributed by atoms with van der Waals surface area (Å²) in [6, 6.07) is 0. The third kappa shape index (κ3) is 21.4. The summed E-state index contributed by atoms with van der Waals surface area (Å²) < 4.78 is 0. The van der Waals surface area contributed by atoms with E-state index in [0.717, 1.165) is 0 Å². The molecule has 0 bridgehead atoms. The molecule has 0 heterocycles. The van der Waals surface area contributed by atoms with Crippen molar-refractivity contribution < 1.29 is 22.4 Å². The Morgan fingerprint density at radius 1 is 0.467 bits per heavy atom. The maximum Gasteiger partial charge on any atom is 2.00 e. The molecule has 0 saturated heterocycles. The van der Waals surface area contributed by atoms with E-state index in [4.69, 9.17) is 0 Å². The quantitative estimate of drug-likeness (QED) is 0.489. The van der Waals surface area contributed by atoms with Crippen LogP contribution in [0.15, 0.2) is 0 Å². The van der Waals surface area contributed by atoms with Crippen LogP contribution in [0.3, 0.4) is 0 Å². The Morgan fingerprint density at radius 3 is 0.600 bits per heavy atom. The van der Waals surface area contributed by atoms with Gasteiger partial charge in [0.05, 0.1) is 0 Å². The molecule has 0 unspecified atom stereocenters. The molecule has 2 fully saturated rings. The standard InChI is InChI=1S/2C5H10.3CH3.Nb.Sn/c2*1-2-4-5-3-1;;;;;/h2*1-5H2;3*1H3;;/q;;;;;+2;. The van der Waals surface area contributed by atoms with E-state index in [1.165, 1.54) is 64.2 Å². The van der Waals surface area contributed by atoms with Crippen LogP contribution in [0.2, 0.25) is 14.8 Å². The Kier molecular flexibility index (Phi) is 19.6. The first-order valence-electron chi connectivity index (χ1n) is 6.50. The molecule has 15 heavy (non-hydrogen) atoms. The molecule has 2 aliphatic rings. The number of rotatable bonds is 0. The van der Waals surface area contributed by atoms with Gasteiger partial charge in [0.1, 0.15) is 0 Å². The normalized spacial score (nSPS) is 18.4. The summed E-state index contributed by atoms with van der Waals surface area (Å²) in [6.45, 7) is 0. The van der Waals surface area contributed by atoms with E-state index in [1.807, 2.05) is 0 Å². The first-order valence-corrected chi connectivity index (χ1v) is 15.1. The Balaban J connectivity index is 0. The minimum atomic E-state index is -0.543. The predicted octanol–water partition coefficient (Wildman–Crippen LogP) is 5.27. The van der Waals surface area contributed by atoms with E-state index >= 15 is 0 Å². The van der Waals surface area contributed by atoms with Crippen LogP contribution < -0.4 is 0 Å². The fourth-order valence-electron chi connectivity index (χ4n) is 1.77. The van der Waals surface area contributed by atoms with Crippen LogP contribution >= 0.6 is 0 Å². The first kappa shape index (κ1) is 18.9. The minimum Gasteiger partial charge on any atom is 2.00 e. The smallest absolute Gasteiger partial charge is 2.00 e. The monoisotopic (exact) mass is 398 g/mol. The molecule has 0 spiro atoms. The van der Waals surface area contributed by atoms with E-state index in [9.17, 15) is 0 Å². The van der Waals surface area contributed by atoms with Crippen molar-refractivity contribution in [2.75, 3.05) is 0 Å². The zero-order valence-electron chi connectivity index (χ0n) is 11.0. The van der Waals surface area contributed by atoms with Gasteiger partial charge in [0, 0.05) is 0 Å². The minimum absolute atomic E-state index is 0. The Labute approximate surface area is 120 Å². The van der Waals surface area contributed by atoms with Gasteiger partial charge in [0.15, 0.2) is 0 Å². The van der Waals surface area contributed by atoms with Crippen molar-refractivity contribution >= 4 is 19.8 Å². The van der Waals surface area contributed by atoms with Crippen molar-refractivity contribution in [3.05, 3.63) is 0 Å². The van der Waals surface area contributed by atoms with E-state index < -0.39 is 19.8 Å². The number of hydrogen-bond donors (Lipinski definition) is 0. The molecule has 2 radical (unpaired) electrons. The molecule has 0 aromatic rings. The van der Waals surface area contributed by atoms with Gasteiger partial charge in [-0.1, -0.05) is 64.2 Å². The SMILES string of the molecule is C1CCCC1.C1CCCC1.[CH3][Sn]([CH3])[CH3].[Nb+2]. The summed E-state index contributed by atoms with van der Waals surface area (Å²) in [5, 5.41) is 0. The molecule has 0 nitrogen and oxygen atoms in total. The molecule has 2 aliphatic carbocycles. The van der Waals surface area contributed by atoms with Crippen LogP contribution in [-0.4, -0.2) is 19.8 Å². The number of hydrogen-bond acceptors (Lipinski definition) is 0.